The van der Waals surface area contributed by atoms with Crippen LogP contribution in [-0.2, 0) is 16.6 Å². The van der Waals surface area contributed by atoms with E-state index in [9.17, 15) is 8.60 Å². The molecule has 4 heteroatoms. The van der Waals surface area contributed by atoms with Crippen molar-refractivity contribution in [2.24, 2.45) is 0 Å². The third kappa shape index (κ3) is 3.02. The summed E-state index contributed by atoms with van der Waals surface area (Å²) in [6, 6.07) is 4.53. The molecule has 0 aliphatic carbocycles. The van der Waals surface area contributed by atoms with Crippen LogP contribution >= 0.6 is 0 Å². The largest absolute Gasteiger partial charge is 0.398 e. The molecule has 0 aromatic heterocycles. The van der Waals surface area contributed by atoms with Crippen LogP contribution in [0.3, 0.4) is 0 Å². The lowest BCUT2D eigenvalue weighted by atomic mass is 10.2. The molecule has 2 N–H and O–H groups in total. The molecule has 0 radical (unpaired) electrons. The number of hydrogen-bond donors (Lipinski definition) is 1. The maximum atomic E-state index is 13.4. The van der Waals surface area contributed by atoms with Crippen molar-refractivity contribution in [1.29, 1.82) is 0 Å². The maximum Gasteiger partial charge on any atom is 0.129 e. The summed E-state index contributed by atoms with van der Waals surface area (Å²) >= 11 is 0. The van der Waals surface area contributed by atoms with Gasteiger partial charge in [-0.2, -0.15) is 0 Å². The van der Waals surface area contributed by atoms with Gasteiger partial charge in [-0.05, 0) is 18.6 Å². The minimum absolute atomic E-state index is 0.0732. The molecule has 15 heavy (non-hydrogen) atoms. The van der Waals surface area contributed by atoms with Gasteiger partial charge in [-0.25, -0.2) is 4.39 Å². The van der Waals surface area contributed by atoms with E-state index in [1.54, 1.807) is 12.1 Å². The molecule has 0 heterocycles. The summed E-state index contributed by atoms with van der Waals surface area (Å²) in [5.74, 6) is -0.167. The third-order valence-electron chi connectivity index (χ3n) is 2.47. The highest BCUT2D eigenvalue weighted by atomic mass is 32.2. The van der Waals surface area contributed by atoms with Gasteiger partial charge in [0, 0.05) is 27.3 Å². The van der Waals surface area contributed by atoms with Gasteiger partial charge in [0.25, 0.3) is 0 Å². The Morgan fingerprint density at radius 2 is 2.20 bits per heavy atom. The van der Waals surface area contributed by atoms with Crippen LogP contribution < -0.4 is 5.73 Å². The summed E-state index contributed by atoms with van der Waals surface area (Å²) in [4.78, 5) is 0. The van der Waals surface area contributed by atoms with Crippen molar-refractivity contribution in [1.82, 2.24) is 0 Å². The molecule has 0 fully saturated rings. The van der Waals surface area contributed by atoms with Crippen LogP contribution in [0.5, 0.6) is 0 Å². The quantitative estimate of drug-likeness (QED) is 0.806. The minimum atomic E-state index is -1.06. The highest BCUT2D eigenvalue weighted by Gasteiger charge is 2.14. The number of benzene rings is 1. The molecule has 0 aliphatic heterocycles. The molecule has 0 saturated carbocycles. The van der Waals surface area contributed by atoms with Gasteiger partial charge < -0.3 is 5.73 Å². The molecule has 1 aromatic carbocycles. The van der Waals surface area contributed by atoms with Gasteiger partial charge in [-0.1, -0.05) is 19.9 Å². The highest BCUT2D eigenvalue weighted by molar-refractivity contribution is 7.84. The van der Waals surface area contributed by atoms with E-state index in [1.807, 2.05) is 13.8 Å². The Kier molecular flexibility index (Phi) is 4.27. The molecular weight excluding hydrogens is 213 g/mol. The van der Waals surface area contributed by atoms with Gasteiger partial charge >= 0.3 is 0 Å². The monoisotopic (exact) mass is 229 g/mol. The van der Waals surface area contributed by atoms with Crippen molar-refractivity contribution in [3.63, 3.8) is 0 Å². The van der Waals surface area contributed by atoms with Crippen LogP contribution in [0.2, 0.25) is 0 Å². The van der Waals surface area contributed by atoms with Crippen LogP contribution in [-0.4, -0.2) is 9.46 Å². The van der Waals surface area contributed by atoms with Crippen LogP contribution in [0, 0.1) is 5.82 Å². The maximum absolute atomic E-state index is 13.4. The molecule has 0 bridgehead atoms. The molecule has 2 unspecified atom stereocenters. The number of rotatable bonds is 4. The fourth-order valence-electron chi connectivity index (χ4n) is 1.20. The molecule has 0 spiro atoms. The van der Waals surface area contributed by atoms with Gasteiger partial charge in [0.15, 0.2) is 0 Å². The first-order valence-electron chi connectivity index (χ1n) is 4.96. The second-order valence-electron chi connectivity index (χ2n) is 3.55. The molecule has 2 atom stereocenters. The van der Waals surface area contributed by atoms with Crippen LogP contribution in [0.4, 0.5) is 10.1 Å². The molecule has 0 amide bonds. The van der Waals surface area contributed by atoms with Crippen molar-refractivity contribution in [3.05, 3.63) is 29.6 Å². The Labute approximate surface area is 92.1 Å². The number of nitrogens with two attached hydrogens (primary N) is 1. The Morgan fingerprint density at radius 1 is 1.53 bits per heavy atom. The zero-order valence-corrected chi connectivity index (χ0v) is 9.81. The van der Waals surface area contributed by atoms with E-state index < -0.39 is 10.8 Å². The predicted octanol–water partition coefficient (Wildman–Crippen LogP) is 2.46. The van der Waals surface area contributed by atoms with Gasteiger partial charge in [0.2, 0.25) is 0 Å². The molecule has 1 rings (SSSR count). The summed E-state index contributed by atoms with van der Waals surface area (Å²) in [5.41, 5.74) is 6.39. The van der Waals surface area contributed by atoms with E-state index in [-0.39, 0.29) is 16.8 Å². The second-order valence-corrected chi connectivity index (χ2v) is 5.41. The summed E-state index contributed by atoms with van der Waals surface area (Å²) in [5, 5.41) is 0.0732. The Balaban J connectivity index is 2.85. The summed E-state index contributed by atoms with van der Waals surface area (Å²) < 4.78 is 25.1. The van der Waals surface area contributed by atoms with E-state index in [1.165, 1.54) is 6.07 Å². The molecule has 0 saturated heterocycles. The zero-order chi connectivity index (χ0) is 11.4. The van der Waals surface area contributed by atoms with Crippen LogP contribution in [0.15, 0.2) is 18.2 Å². The van der Waals surface area contributed by atoms with Crippen LogP contribution in [0.1, 0.15) is 25.8 Å². The number of anilines is 1. The van der Waals surface area contributed by atoms with E-state index in [4.69, 9.17) is 5.73 Å². The van der Waals surface area contributed by atoms with E-state index in [0.29, 0.717) is 11.3 Å². The van der Waals surface area contributed by atoms with Gasteiger partial charge in [0.05, 0.1) is 5.75 Å². The fraction of sp³-hybridized carbons (Fsp3) is 0.455. The van der Waals surface area contributed by atoms with Crippen molar-refractivity contribution < 1.29 is 8.60 Å². The standard InChI is InChI=1S/C11H16FNOS/c1-3-8(2)15(14)7-9-10(12)5-4-6-11(9)13/h4-6,8H,3,7,13H2,1-2H3. The third-order valence-corrected chi connectivity index (χ3v) is 4.27. The van der Waals surface area contributed by atoms with Crippen LogP contribution in [0.25, 0.3) is 0 Å². The SMILES string of the molecule is CCC(C)S(=O)Cc1c(N)cccc1F. The van der Waals surface area contributed by atoms with Gasteiger partial charge in [-0.3, -0.25) is 4.21 Å². The van der Waals surface area contributed by atoms with Gasteiger partial charge in [-0.15, -0.1) is 0 Å². The Morgan fingerprint density at radius 3 is 2.73 bits per heavy atom. The molecule has 1 aromatic rings. The van der Waals surface area contributed by atoms with E-state index >= 15 is 0 Å². The van der Waals surface area contributed by atoms with Crippen molar-refractivity contribution in [2.75, 3.05) is 5.73 Å². The lowest BCUT2D eigenvalue weighted by molar-refractivity contribution is 0.615. The normalized spacial score (nSPS) is 14.9. The Bertz CT molecular complexity index is 347. The average molecular weight is 229 g/mol. The number of hydrogen-bond acceptors (Lipinski definition) is 2. The first kappa shape index (κ1) is 12.2. The average Bonchev–Trinajstić information content (AvgIpc) is 2.22. The first-order valence-corrected chi connectivity index (χ1v) is 6.34. The van der Waals surface area contributed by atoms with E-state index in [2.05, 4.69) is 0 Å². The number of nitrogen functional groups attached to an aromatic ring is 1. The van der Waals surface area contributed by atoms with Crippen molar-refractivity contribution in [3.8, 4) is 0 Å². The summed E-state index contributed by atoms with van der Waals surface area (Å²) in [6.07, 6.45) is 0.820. The molecular formula is C11H16FNOS. The lowest BCUT2D eigenvalue weighted by Crippen LogP contribution is -2.13. The first-order chi connectivity index (χ1) is 7.06. The molecule has 0 aliphatic rings. The number of halogens is 1. The topological polar surface area (TPSA) is 43.1 Å². The zero-order valence-electron chi connectivity index (χ0n) is 9.00. The molecule has 84 valence electrons. The Hall–Kier alpha value is -0.900. The van der Waals surface area contributed by atoms with E-state index in [0.717, 1.165) is 6.42 Å². The lowest BCUT2D eigenvalue weighted by Gasteiger charge is -2.10. The molecule has 2 nitrogen and oxygen atoms in total. The van der Waals surface area contributed by atoms with Crippen molar-refractivity contribution in [2.45, 2.75) is 31.3 Å². The van der Waals surface area contributed by atoms with Crippen molar-refractivity contribution >= 4 is 16.5 Å². The van der Waals surface area contributed by atoms with Gasteiger partial charge in [0.1, 0.15) is 5.82 Å². The minimum Gasteiger partial charge on any atom is -0.398 e. The summed E-state index contributed by atoms with van der Waals surface area (Å²) in [7, 11) is -1.06. The fourth-order valence-corrected chi connectivity index (χ4v) is 2.44. The second kappa shape index (κ2) is 5.26. The summed E-state index contributed by atoms with van der Waals surface area (Å²) in [6.45, 7) is 3.86. The predicted molar refractivity (Wildman–Crippen MR) is 62.4 cm³/mol. The highest BCUT2D eigenvalue weighted by Crippen LogP contribution is 2.19. The smallest absolute Gasteiger partial charge is 0.129 e.